The Morgan fingerprint density at radius 3 is 2.50 bits per heavy atom. The van der Waals surface area contributed by atoms with Gasteiger partial charge in [-0.1, -0.05) is 12.5 Å². The second-order valence-corrected chi connectivity index (χ2v) is 5.30. The molecule has 0 spiro atoms. The van der Waals surface area contributed by atoms with Crippen molar-refractivity contribution in [3.8, 4) is 11.5 Å². The number of rotatable bonds is 3. The van der Waals surface area contributed by atoms with Crippen molar-refractivity contribution in [2.24, 2.45) is 16.9 Å². The van der Waals surface area contributed by atoms with Crippen molar-refractivity contribution in [1.29, 1.82) is 0 Å². The van der Waals surface area contributed by atoms with Crippen molar-refractivity contribution < 1.29 is 9.47 Å². The highest BCUT2D eigenvalue weighted by Crippen LogP contribution is 2.49. The minimum atomic E-state index is -0.00734. The fourth-order valence-corrected chi connectivity index (χ4v) is 2.88. The Balaban J connectivity index is 1.87. The third kappa shape index (κ3) is 1.76. The molecular weight excluding hydrogens is 228 g/mol. The van der Waals surface area contributed by atoms with E-state index in [9.17, 15) is 0 Å². The largest absolute Gasteiger partial charge is 0.486 e. The lowest BCUT2D eigenvalue weighted by molar-refractivity contribution is 0.104. The van der Waals surface area contributed by atoms with E-state index in [1.165, 1.54) is 6.42 Å². The molecule has 0 amide bonds. The van der Waals surface area contributed by atoms with Gasteiger partial charge >= 0.3 is 0 Å². The highest BCUT2D eigenvalue weighted by molar-refractivity contribution is 5.45. The van der Waals surface area contributed by atoms with Gasteiger partial charge in [-0.2, -0.15) is 0 Å². The smallest absolute Gasteiger partial charge is 0.161 e. The highest BCUT2D eigenvalue weighted by atomic mass is 16.6. The van der Waals surface area contributed by atoms with E-state index in [2.05, 4.69) is 0 Å². The number of fused-ring (bicyclic) bond motifs is 1. The lowest BCUT2D eigenvalue weighted by Gasteiger charge is -2.45. The molecule has 0 aromatic heterocycles. The zero-order valence-electron chi connectivity index (χ0n) is 10.5. The summed E-state index contributed by atoms with van der Waals surface area (Å²) in [7, 11) is 0. The third-order valence-corrected chi connectivity index (χ3v) is 4.34. The summed E-state index contributed by atoms with van der Waals surface area (Å²) >= 11 is 0. The molecule has 1 aromatic rings. The monoisotopic (exact) mass is 248 g/mol. The molecule has 4 heteroatoms. The van der Waals surface area contributed by atoms with Crippen molar-refractivity contribution in [3.05, 3.63) is 23.8 Å². The van der Waals surface area contributed by atoms with Gasteiger partial charge < -0.3 is 20.9 Å². The Kier molecular flexibility index (Phi) is 2.92. The minimum Gasteiger partial charge on any atom is -0.486 e. The Morgan fingerprint density at radius 2 is 1.89 bits per heavy atom. The van der Waals surface area contributed by atoms with E-state index in [-0.39, 0.29) is 11.5 Å². The lowest BCUT2D eigenvalue weighted by atomic mass is 9.62. The fraction of sp³-hybridized carbons (Fsp3) is 0.571. The molecule has 4 N–H and O–H groups in total. The molecule has 0 bridgehead atoms. The fourth-order valence-electron chi connectivity index (χ4n) is 2.88. The predicted octanol–water partition coefficient (Wildman–Crippen LogP) is 1.59. The molecule has 4 nitrogen and oxygen atoms in total. The van der Waals surface area contributed by atoms with Crippen LogP contribution >= 0.6 is 0 Å². The maximum atomic E-state index is 6.40. The van der Waals surface area contributed by atoms with Gasteiger partial charge in [-0.25, -0.2) is 0 Å². The summed E-state index contributed by atoms with van der Waals surface area (Å²) in [6.45, 7) is 1.88. The standard InChI is InChI=1S/C14H20N2O2/c15-9-14(4-1-5-14)13(16)10-2-3-11-12(8-10)18-7-6-17-11/h2-3,8,13H,1,4-7,9,15-16H2. The van der Waals surface area contributed by atoms with Crippen molar-refractivity contribution in [2.45, 2.75) is 25.3 Å². The summed E-state index contributed by atoms with van der Waals surface area (Å²) in [5.41, 5.74) is 13.5. The van der Waals surface area contributed by atoms with Crippen LogP contribution < -0.4 is 20.9 Å². The first kappa shape index (κ1) is 11.8. The Bertz CT molecular complexity index is 438. The van der Waals surface area contributed by atoms with Crippen molar-refractivity contribution in [2.75, 3.05) is 19.8 Å². The van der Waals surface area contributed by atoms with Gasteiger partial charge in [0, 0.05) is 11.5 Å². The summed E-state index contributed by atoms with van der Waals surface area (Å²) in [4.78, 5) is 0. The van der Waals surface area contributed by atoms with E-state index in [0.29, 0.717) is 19.8 Å². The molecule has 1 atom stereocenters. The Labute approximate surface area is 107 Å². The highest BCUT2D eigenvalue weighted by Gasteiger charge is 2.42. The van der Waals surface area contributed by atoms with Crippen LogP contribution in [0.1, 0.15) is 30.9 Å². The number of hydrogen-bond acceptors (Lipinski definition) is 4. The predicted molar refractivity (Wildman–Crippen MR) is 69.7 cm³/mol. The summed E-state index contributed by atoms with van der Waals surface area (Å²) < 4.78 is 11.1. The number of hydrogen-bond donors (Lipinski definition) is 2. The molecule has 2 aliphatic rings. The summed E-state index contributed by atoms with van der Waals surface area (Å²) in [6, 6.07) is 5.99. The average Bonchev–Trinajstić information content (AvgIpc) is 2.37. The molecule has 0 saturated heterocycles. The van der Waals surface area contributed by atoms with Crippen LogP contribution in [-0.4, -0.2) is 19.8 Å². The summed E-state index contributed by atoms with van der Waals surface area (Å²) in [5, 5.41) is 0. The van der Waals surface area contributed by atoms with Crippen LogP contribution in [0.2, 0.25) is 0 Å². The van der Waals surface area contributed by atoms with Gasteiger partial charge in [0.1, 0.15) is 13.2 Å². The molecule has 18 heavy (non-hydrogen) atoms. The Hall–Kier alpha value is -1.26. The van der Waals surface area contributed by atoms with Crippen LogP contribution in [-0.2, 0) is 0 Å². The maximum absolute atomic E-state index is 6.40. The molecule has 1 aliphatic carbocycles. The van der Waals surface area contributed by atoms with Gasteiger partial charge in [0.15, 0.2) is 11.5 Å². The molecule has 98 valence electrons. The van der Waals surface area contributed by atoms with Gasteiger partial charge in [0.2, 0.25) is 0 Å². The second-order valence-electron chi connectivity index (χ2n) is 5.30. The first-order chi connectivity index (χ1) is 8.75. The van der Waals surface area contributed by atoms with Gasteiger partial charge in [0.05, 0.1) is 0 Å². The zero-order chi connectivity index (χ0) is 12.6. The van der Waals surface area contributed by atoms with Crippen molar-refractivity contribution in [3.63, 3.8) is 0 Å². The average molecular weight is 248 g/mol. The van der Waals surface area contributed by atoms with Crippen molar-refractivity contribution >= 4 is 0 Å². The minimum absolute atomic E-state index is 0.00734. The summed E-state index contributed by atoms with van der Waals surface area (Å²) in [6.07, 6.45) is 3.48. The molecule has 1 saturated carbocycles. The van der Waals surface area contributed by atoms with Gasteiger partial charge in [-0.15, -0.1) is 0 Å². The first-order valence-corrected chi connectivity index (χ1v) is 6.60. The second kappa shape index (κ2) is 4.44. The van der Waals surface area contributed by atoms with Gasteiger partial charge in [-0.05, 0) is 37.1 Å². The topological polar surface area (TPSA) is 70.5 Å². The quantitative estimate of drug-likeness (QED) is 0.852. The molecule has 3 rings (SSSR count). The SMILES string of the molecule is NCC1(C(N)c2ccc3c(c2)OCCO3)CCC1. The lowest BCUT2D eigenvalue weighted by Crippen LogP contribution is -2.46. The molecule has 1 aromatic carbocycles. The van der Waals surface area contributed by atoms with E-state index in [1.54, 1.807) is 0 Å². The van der Waals surface area contributed by atoms with E-state index in [0.717, 1.165) is 29.9 Å². The van der Waals surface area contributed by atoms with Crippen LogP contribution in [0.15, 0.2) is 18.2 Å². The van der Waals surface area contributed by atoms with Gasteiger partial charge in [-0.3, -0.25) is 0 Å². The number of nitrogens with two attached hydrogens (primary N) is 2. The van der Waals surface area contributed by atoms with Crippen LogP contribution in [0.4, 0.5) is 0 Å². The molecular formula is C14H20N2O2. The molecule has 1 heterocycles. The van der Waals surface area contributed by atoms with E-state index in [4.69, 9.17) is 20.9 Å². The van der Waals surface area contributed by atoms with E-state index >= 15 is 0 Å². The normalized spacial score (nSPS) is 22.1. The summed E-state index contributed by atoms with van der Waals surface area (Å²) in [5.74, 6) is 1.62. The number of ether oxygens (including phenoxy) is 2. The van der Waals surface area contributed by atoms with Crippen LogP contribution in [0.3, 0.4) is 0 Å². The molecule has 1 unspecified atom stereocenters. The van der Waals surface area contributed by atoms with Crippen LogP contribution in [0.5, 0.6) is 11.5 Å². The third-order valence-electron chi connectivity index (χ3n) is 4.34. The van der Waals surface area contributed by atoms with Crippen LogP contribution in [0, 0.1) is 5.41 Å². The van der Waals surface area contributed by atoms with Crippen LogP contribution in [0.25, 0.3) is 0 Å². The van der Waals surface area contributed by atoms with Gasteiger partial charge in [0.25, 0.3) is 0 Å². The zero-order valence-corrected chi connectivity index (χ0v) is 10.5. The molecule has 0 radical (unpaired) electrons. The van der Waals surface area contributed by atoms with Crippen molar-refractivity contribution in [1.82, 2.24) is 0 Å². The maximum Gasteiger partial charge on any atom is 0.161 e. The molecule has 1 fully saturated rings. The first-order valence-electron chi connectivity index (χ1n) is 6.60. The Morgan fingerprint density at radius 1 is 1.17 bits per heavy atom. The van der Waals surface area contributed by atoms with E-state index in [1.807, 2.05) is 18.2 Å². The number of benzene rings is 1. The van der Waals surface area contributed by atoms with E-state index < -0.39 is 0 Å². The molecule has 1 aliphatic heterocycles.